The van der Waals surface area contributed by atoms with E-state index in [4.69, 9.17) is 14.5 Å². The van der Waals surface area contributed by atoms with Gasteiger partial charge < -0.3 is 29.9 Å². The Bertz CT molecular complexity index is 1970. The topological polar surface area (TPSA) is 178 Å². The lowest BCUT2D eigenvalue weighted by atomic mass is 9.96. The molecule has 2 heterocycles. The van der Waals surface area contributed by atoms with Gasteiger partial charge in [-0.1, -0.05) is 36.4 Å². The summed E-state index contributed by atoms with van der Waals surface area (Å²) < 4.78 is 10.9. The van der Waals surface area contributed by atoms with Crippen LogP contribution in [0.5, 0.6) is 5.75 Å². The largest absolute Gasteiger partial charge is 0.467 e. The SMILES string of the molecule is COCOc1ccccc1-c1cc(-c2cccc(CN(C(=NC(=O)O)N(C(=O)O)C(C)(C)C)C(C)(C)C)c2)c(C#N)c(NC(=O)c2cccs2)n1. The van der Waals surface area contributed by atoms with Crippen LogP contribution >= 0.6 is 11.3 Å². The van der Waals surface area contributed by atoms with Gasteiger partial charge >= 0.3 is 12.2 Å². The van der Waals surface area contributed by atoms with Crippen LogP contribution in [0, 0.1) is 11.3 Å². The average Bonchev–Trinajstić information content (AvgIpc) is 3.60. The van der Waals surface area contributed by atoms with Gasteiger partial charge in [-0.2, -0.15) is 5.26 Å². The Morgan fingerprint density at radius 1 is 0.961 bits per heavy atom. The molecule has 0 fully saturated rings. The highest BCUT2D eigenvalue weighted by Gasteiger charge is 2.38. The van der Waals surface area contributed by atoms with Gasteiger partial charge in [0.05, 0.1) is 10.6 Å². The van der Waals surface area contributed by atoms with Crippen molar-refractivity contribution in [3.05, 3.63) is 88.1 Å². The number of nitrogens with one attached hydrogen (secondary N) is 1. The number of amides is 3. The van der Waals surface area contributed by atoms with E-state index in [1.807, 2.05) is 39.0 Å². The molecule has 13 nitrogen and oxygen atoms in total. The molecule has 0 radical (unpaired) electrons. The summed E-state index contributed by atoms with van der Waals surface area (Å²) in [6, 6.07) is 21.8. The number of guanidine groups is 1. The van der Waals surface area contributed by atoms with Crippen LogP contribution in [-0.2, 0) is 11.3 Å². The second kappa shape index (κ2) is 15.8. The van der Waals surface area contributed by atoms with Crippen LogP contribution < -0.4 is 10.1 Å². The van der Waals surface area contributed by atoms with E-state index in [2.05, 4.69) is 16.4 Å². The molecule has 0 aliphatic carbocycles. The van der Waals surface area contributed by atoms with E-state index in [0.29, 0.717) is 38.6 Å². The Kier molecular flexibility index (Phi) is 11.8. The predicted molar refractivity (Wildman–Crippen MR) is 195 cm³/mol. The summed E-state index contributed by atoms with van der Waals surface area (Å²) in [6.45, 7) is 10.5. The molecule has 266 valence electrons. The van der Waals surface area contributed by atoms with Gasteiger partial charge in [0.2, 0.25) is 5.96 Å². The first-order valence-electron chi connectivity index (χ1n) is 15.8. The van der Waals surface area contributed by atoms with E-state index >= 15 is 0 Å². The summed E-state index contributed by atoms with van der Waals surface area (Å²) in [5.41, 5.74) is 0.993. The van der Waals surface area contributed by atoms with Gasteiger partial charge in [0.1, 0.15) is 17.4 Å². The van der Waals surface area contributed by atoms with Gasteiger partial charge in [0.15, 0.2) is 12.6 Å². The van der Waals surface area contributed by atoms with Crippen molar-refractivity contribution in [3.63, 3.8) is 0 Å². The number of rotatable bonds is 9. The highest BCUT2D eigenvalue weighted by molar-refractivity contribution is 7.12. The summed E-state index contributed by atoms with van der Waals surface area (Å²) in [4.78, 5) is 49.2. The molecule has 4 rings (SSSR count). The van der Waals surface area contributed by atoms with Crippen LogP contribution in [-0.4, -0.2) is 74.0 Å². The number of ether oxygens (including phenoxy) is 2. The van der Waals surface area contributed by atoms with Gasteiger partial charge in [-0.15, -0.1) is 16.3 Å². The molecule has 0 saturated heterocycles. The highest BCUT2D eigenvalue weighted by Crippen LogP contribution is 2.37. The number of thiophene rings is 1. The normalized spacial score (nSPS) is 11.8. The Morgan fingerprint density at radius 3 is 2.27 bits per heavy atom. The third-order valence-electron chi connectivity index (χ3n) is 7.49. The summed E-state index contributed by atoms with van der Waals surface area (Å²) in [5.74, 6) is -0.164. The summed E-state index contributed by atoms with van der Waals surface area (Å²) >= 11 is 1.25. The van der Waals surface area contributed by atoms with E-state index in [1.54, 1.807) is 79.6 Å². The van der Waals surface area contributed by atoms with Crippen LogP contribution in [0.15, 0.2) is 77.1 Å². The third kappa shape index (κ3) is 9.27. The molecular weight excluding hydrogens is 673 g/mol. The molecule has 4 aromatic rings. The van der Waals surface area contributed by atoms with E-state index in [1.165, 1.54) is 18.4 Å². The third-order valence-corrected chi connectivity index (χ3v) is 8.36. The van der Waals surface area contributed by atoms with E-state index in [-0.39, 0.29) is 30.7 Å². The molecule has 14 heteroatoms. The Balaban J connectivity index is 1.91. The summed E-state index contributed by atoms with van der Waals surface area (Å²) in [6.07, 6.45) is -2.90. The number of methoxy groups -OCH3 is 1. The number of nitriles is 1. The van der Waals surface area contributed by atoms with Crippen LogP contribution in [0.3, 0.4) is 0 Å². The molecule has 0 unspecified atom stereocenters. The fourth-order valence-corrected chi connectivity index (χ4v) is 5.85. The average molecular weight is 713 g/mol. The lowest BCUT2D eigenvalue weighted by Gasteiger charge is -2.44. The number of anilines is 1. The minimum absolute atomic E-state index is 0.0177. The number of aliphatic imine (C=N–C) groups is 1. The van der Waals surface area contributed by atoms with Crippen LogP contribution in [0.1, 0.15) is 62.3 Å². The number of para-hydroxylation sites is 1. The molecule has 0 aliphatic heterocycles. The van der Waals surface area contributed by atoms with Crippen molar-refractivity contribution >= 4 is 41.2 Å². The van der Waals surface area contributed by atoms with Crippen molar-refractivity contribution in [2.45, 2.75) is 59.2 Å². The minimum atomic E-state index is -1.54. The Labute approximate surface area is 300 Å². The molecule has 0 bridgehead atoms. The molecule has 0 saturated carbocycles. The fourth-order valence-electron chi connectivity index (χ4n) is 5.23. The van der Waals surface area contributed by atoms with Gasteiger partial charge in [0.25, 0.3) is 5.91 Å². The van der Waals surface area contributed by atoms with Crippen molar-refractivity contribution in [2.24, 2.45) is 4.99 Å². The standard InChI is InChI=1S/C37H40N6O7S/c1-36(2,3)42(33(41-34(45)46)43(35(47)48)37(4,5)6)21-23-12-10-13-24(18-23)26-19-28(25-14-8-9-15-29(25)50-22-49-7)39-31(27(26)20-38)40-32(44)30-16-11-17-51-30/h8-19H,21-22H2,1-7H3,(H,45,46)(H,47,48)(H,39,40,44). The molecule has 0 aliphatic rings. The van der Waals surface area contributed by atoms with E-state index < -0.39 is 29.2 Å². The molecule has 3 N–H and O–H groups in total. The predicted octanol–water partition coefficient (Wildman–Crippen LogP) is 8.00. The molecule has 0 spiro atoms. The van der Waals surface area contributed by atoms with Crippen LogP contribution in [0.25, 0.3) is 22.4 Å². The molecule has 3 amide bonds. The van der Waals surface area contributed by atoms with Crippen molar-refractivity contribution in [1.29, 1.82) is 5.26 Å². The number of carbonyl (C=O) groups excluding carboxylic acids is 1. The smallest absolute Gasteiger partial charge is 0.434 e. The van der Waals surface area contributed by atoms with E-state index in [0.717, 1.165) is 4.90 Å². The van der Waals surface area contributed by atoms with Gasteiger partial charge in [-0.3, -0.25) is 4.79 Å². The maximum atomic E-state index is 13.2. The number of aromatic nitrogens is 1. The van der Waals surface area contributed by atoms with Crippen LogP contribution in [0.2, 0.25) is 0 Å². The highest BCUT2D eigenvalue weighted by atomic mass is 32.1. The van der Waals surface area contributed by atoms with Gasteiger partial charge in [-0.25, -0.2) is 19.5 Å². The van der Waals surface area contributed by atoms with Crippen LogP contribution in [0.4, 0.5) is 15.4 Å². The second-order valence-electron chi connectivity index (χ2n) is 13.3. The molecule has 0 atom stereocenters. The zero-order valence-corrected chi connectivity index (χ0v) is 30.2. The molecule has 2 aromatic carbocycles. The molecule has 2 aromatic heterocycles. The first kappa shape index (κ1) is 38.0. The quantitative estimate of drug-likeness (QED) is 0.0875. The van der Waals surface area contributed by atoms with E-state index in [9.17, 15) is 29.9 Å². The first-order valence-corrected chi connectivity index (χ1v) is 16.7. The van der Waals surface area contributed by atoms with Crippen molar-refractivity contribution < 1.29 is 34.1 Å². The van der Waals surface area contributed by atoms with Gasteiger partial charge in [0, 0.05) is 35.9 Å². The number of benzene rings is 2. The lowest BCUT2D eigenvalue weighted by Crippen LogP contribution is -2.59. The lowest BCUT2D eigenvalue weighted by molar-refractivity contribution is 0.0515. The minimum Gasteiger partial charge on any atom is -0.467 e. The number of hydrogen-bond donors (Lipinski definition) is 3. The Hall–Kier alpha value is -5.78. The maximum Gasteiger partial charge on any atom is 0.434 e. The monoisotopic (exact) mass is 712 g/mol. The maximum absolute atomic E-state index is 13.2. The zero-order valence-electron chi connectivity index (χ0n) is 29.4. The van der Waals surface area contributed by atoms with Crippen molar-refractivity contribution in [2.75, 3.05) is 19.2 Å². The zero-order chi connectivity index (χ0) is 37.5. The number of hydrogen-bond acceptors (Lipinski definition) is 8. The number of nitrogens with zero attached hydrogens (tertiary/aromatic N) is 5. The summed E-state index contributed by atoms with van der Waals surface area (Å²) in [5, 5.41) is 35.0. The molecule has 51 heavy (non-hydrogen) atoms. The molecular formula is C37H40N6O7S. The van der Waals surface area contributed by atoms with Crippen molar-refractivity contribution in [3.8, 4) is 34.2 Å². The van der Waals surface area contributed by atoms with Gasteiger partial charge in [-0.05, 0) is 88.4 Å². The summed E-state index contributed by atoms with van der Waals surface area (Å²) in [7, 11) is 1.51. The van der Waals surface area contributed by atoms with Crippen molar-refractivity contribution in [1.82, 2.24) is 14.8 Å². The number of pyridine rings is 1. The number of carbonyl (C=O) groups is 3. The second-order valence-corrected chi connectivity index (χ2v) is 14.3. The first-order chi connectivity index (χ1) is 24.0. The fraction of sp³-hybridized carbons (Fsp3) is 0.297. The number of carboxylic acid groups (broad SMARTS) is 2. The Morgan fingerprint density at radius 2 is 1.69 bits per heavy atom.